The molecule has 0 aliphatic rings. The Morgan fingerprint density at radius 2 is 2.24 bits per heavy atom. The lowest BCUT2D eigenvalue weighted by Gasteiger charge is -2.12. The number of imidazole rings is 1. The average molecular weight is 292 g/mol. The molecule has 1 atom stereocenters. The number of ether oxygens (including phenoxy) is 1. The van der Waals surface area contributed by atoms with Crippen molar-refractivity contribution in [1.82, 2.24) is 9.55 Å². The smallest absolute Gasteiger partial charge is 0.337 e. The van der Waals surface area contributed by atoms with Crippen molar-refractivity contribution >= 4 is 17.0 Å². The molecule has 1 aromatic heterocycles. The van der Waals surface area contributed by atoms with Crippen molar-refractivity contribution in [3.8, 4) is 0 Å². The minimum Gasteiger partial charge on any atom is -0.478 e. The largest absolute Gasteiger partial charge is 0.478 e. The van der Waals surface area contributed by atoms with Gasteiger partial charge in [0.05, 0.1) is 23.8 Å². The molecule has 1 aromatic carbocycles. The maximum atomic E-state index is 11.3. The molecule has 6 nitrogen and oxygen atoms in total. The zero-order valence-electron chi connectivity index (χ0n) is 12.2. The molecule has 2 rings (SSSR count). The SMILES string of the molecule is CCc1nc2c(C(=O)O)cccc2n1CCC(O)COC. The topological polar surface area (TPSA) is 84.6 Å². The van der Waals surface area contributed by atoms with Gasteiger partial charge < -0.3 is 19.5 Å². The third kappa shape index (κ3) is 3.22. The van der Waals surface area contributed by atoms with Gasteiger partial charge >= 0.3 is 5.97 Å². The Bertz CT molecular complexity index is 636. The molecule has 0 aliphatic heterocycles. The number of carboxylic acid groups (broad SMARTS) is 1. The summed E-state index contributed by atoms with van der Waals surface area (Å²) in [6.07, 6.45) is 0.692. The molecule has 1 unspecified atom stereocenters. The van der Waals surface area contributed by atoms with Crippen molar-refractivity contribution in [2.75, 3.05) is 13.7 Å². The molecule has 6 heteroatoms. The maximum Gasteiger partial charge on any atom is 0.337 e. The van der Waals surface area contributed by atoms with Gasteiger partial charge in [-0.2, -0.15) is 0 Å². The molecule has 114 valence electrons. The van der Waals surface area contributed by atoms with Gasteiger partial charge in [-0.15, -0.1) is 0 Å². The van der Waals surface area contributed by atoms with Crippen molar-refractivity contribution in [1.29, 1.82) is 0 Å². The third-order valence-corrected chi connectivity index (χ3v) is 3.45. The average Bonchev–Trinajstić information content (AvgIpc) is 2.82. The van der Waals surface area contributed by atoms with Crippen LogP contribution in [0.3, 0.4) is 0 Å². The first-order valence-corrected chi connectivity index (χ1v) is 6.96. The molecule has 0 spiro atoms. The van der Waals surface area contributed by atoms with Gasteiger partial charge in [-0.1, -0.05) is 13.0 Å². The van der Waals surface area contributed by atoms with E-state index in [1.165, 1.54) is 0 Å². The standard InChI is InChI=1S/C15H20N2O4/c1-3-13-16-14-11(15(19)20)5-4-6-12(14)17(13)8-7-10(18)9-21-2/h4-6,10,18H,3,7-9H2,1-2H3,(H,19,20). The van der Waals surface area contributed by atoms with Gasteiger partial charge in [-0.3, -0.25) is 0 Å². The van der Waals surface area contributed by atoms with Crippen molar-refractivity contribution < 1.29 is 19.7 Å². The Hall–Kier alpha value is -1.92. The number of aromatic carboxylic acids is 1. The summed E-state index contributed by atoms with van der Waals surface area (Å²) in [6.45, 7) is 2.84. The van der Waals surface area contributed by atoms with Gasteiger partial charge in [0, 0.05) is 20.1 Å². The number of carbonyl (C=O) groups is 1. The van der Waals surface area contributed by atoms with E-state index < -0.39 is 12.1 Å². The molecule has 0 bridgehead atoms. The Morgan fingerprint density at radius 1 is 1.48 bits per heavy atom. The molecular weight excluding hydrogens is 272 g/mol. The summed E-state index contributed by atoms with van der Waals surface area (Å²) < 4.78 is 6.89. The quantitative estimate of drug-likeness (QED) is 0.811. The summed E-state index contributed by atoms with van der Waals surface area (Å²) >= 11 is 0. The number of rotatable bonds is 7. The highest BCUT2D eigenvalue weighted by Gasteiger charge is 2.16. The van der Waals surface area contributed by atoms with E-state index >= 15 is 0 Å². The van der Waals surface area contributed by atoms with Gasteiger partial charge in [-0.25, -0.2) is 9.78 Å². The van der Waals surface area contributed by atoms with E-state index in [9.17, 15) is 15.0 Å². The fourth-order valence-electron chi connectivity index (χ4n) is 2.44. The fraction of sp³-hybridized carbons (Fsp3) is 0.467. The number of aliphatic hydroxyl groups excluding tert-OH is 1. The van der Waals surface area contributed by atoms with E-state index in [-0.39, 0.29) is 12.2 Å². The second-order valence-electron chi connectivity index (χ2n) is 4.91. The molecule has 0 fully saturated rings. The van der Waals surface area contributed by atoms with E-state index in [1.807, 2.05) is 17.6 Å². The lowest BCUT2D eigenvalue weighted by atomic mass is 10.2. The molecule has 0 saturated carbocycles. The number of carboxylic acids is 1. The number of fused-ring (bicyclic) bond motifs is 1. The minimum atomic E-state index is -0.979. The summed E-state index contributed by atoms with van der Waals surface area (Å²) in [5.74, 6) is -0.157. The normalized spacial score (nSPS) is 12.7. The number of hydrogen-bond donors (Lipinski definition) is 2. The molecule has 0 aliphatic carbocycles. The Labute approximate surface area is 123 Å². The number of aliphatic hydroxyl groups is 1. The van der Waals surface area contributed by atoms with E-state index in [1.54, 1.807) is 19.2 Å². The minimum absolute atomic E-state index is 0.207. The van der Waals surface area contributed by atoms with Crippen LogP contribution < -0.4 is 0 Å². The van der Waals surface area contributed by atoms with Crippen molar-refractivity contribution in [2.45, 2.75) is 32.4 Å². The predicted octanol–water partition coefficient (Wildman–Crippen LogP) is 1.69. The van der Waals surface area contributed by atoms with Crippen LogP contribution in [0.1, 0.15) is 29.5 Å². The highest BCUT2D eigenvalue weighted by atomic mass is 16.5. The van der Waals surface area contributed by atoms with Crippen LogP contribution in [0.4, 0.5) is 0 Å². The van der Waals surface area contributed by atoms with Crippen molar-refractivity contribution in [3.63, 3.8) is 0 Å². The van der Waals surface area contributed by atoms with Crippen LogP contribution in [0.5, 0.6) is 0 Å². The molecule has 0 saturated heterocycles. The van der Waals surface area contributed by atoms with E-state index in [0.717, 1.165) is 11.3 Å². The Balaban J connectivity index is 2.38. The van der Waals surface area contributed by atoms with Gasteiger partial charge in [0.15, 0.2) is 0 Å². The zero-order chi connectivity index (χ0) is 15.4. The first kappa shape index (κ1) is 15.5. The summed E-state index contributed by atoms with van der Waals surface area (Å²) in [5.41, 5.74) is 1.50. The first-order valence-electron chi connectivity index (χ1n) is 6.96. The number of benzene rings is 1. The van der Waals surface area contributed by atoms with E-state index in [4.69, 9.17) is 4.74 Å². The number of hydrogen-bond acceptors (Lipinski definition) is 4. The maximum absolute atomic E-state index is 11.3. The monoisotopic (exact) mass is 292 g/mol. The number of aromatic nitrogens is 2. The second kappa shape index (κ2) is 6.69. The second-order valence-corrected chi connectivity index (χ2v) is 4.91. The van der Waals surface area contributed by atoms with Gasteiger partial charge in [-0.05, 0) is 18.6 Å². The van der Waals surface area contributed by atoms with Crippen LogP contribution in [0, 0.1) is 0 Å². The molecule has 2 N–H and O–H groups in total. The highest BCUT2D eigenvalue weighted by Crippen LogP contribution is 2.21. The van der Waals surface area contributed by atoms with Crippen molar-refractivity contribution in [3.05, 3.63) is 29.6 Å². The molecule has 21 heavy (non-hydrogen) atoms. The molecule has 1 heterocycles. The van der Waals surface area contributed by atoms with Gasteiger partial charge in [0.2, 0.25) is 0 Å². The predicted molar refractivity (Wildman–Crippen MR) is 78.6 cm³/mol. The lowest BCUT2D eigenvalue weighted by molar-refractivity contribution is 0.0566. The van der Waals surface area contributed by atoms with Crippen LogP contribution in [-0.2, 0) is 17.7 Å². The van der Waals surface area contributed by atoms with Gasteiger partial charge in [0.25, 0.3) is 0 Å². The van der Waals surface area contributed by atoms with Gasteiger partial charge in [0.1, 0.15) is 11.3 Å². The third-order valence-electron chi connectivity index (χ3n) is 3.45. The summed E-state index contributed by atoms with van der Waals surface area (Å²) in [4.78, 5) is 15.7. The lowest BCUT2D eigenvalue weighted by Crippen LogP contribution is -2.17. The van der Waals surface area contributed by atoms with Crippen molar-refractivity contribution in [2.24, 2.45) is 0 Å². The Morgan fingerprint density at radius 3 is 2.86 bits per heavy atom. The van der Waals surface area contributed by atoms with E-state index in [2.05, 4.69) is 4.98 Å². The summed E-state index contributed by atoms with van der Waals surface area (Å²) in [7, 11) is 1.55. The number of aryl methyl sites for hydroxylation is 2. The molecule has 0 amide bonds. The van der Waals surface area contributed by atoms with Crippen LogP contribution in [0.2, 0.25) is 0 Å². The Kier molecular flexibility index (Phi) is 4.93. The van der Waals surface area contributed by atoms with Crippen LogP contribution in [0.25, 0.3) is 11.0 Å². The highest BCUT2D eigenvalue weighted by molar-refractivity contribution is 6.01. The van der Waals surface area contributed by atoms with Crippen LogP contribution in [0.15, 0.2) is 18.2 Å². The van der Waals surface area contributed by atoms with Crippen LogP contribution >= 0.6 is 0 Å². The number of methoxy groups -OCH3 is 1. The number of para-hydroxylation sites is 1. The fourth-order valence-corrected chi connectivity index (χ4v) is 2.44. The summed E-state index contributed by atoms with van der Waals surface area (Å²) in [5, 5.41) is 19.0. The molecular formula is C15H20N2O4. The zero-order valence-corrected chi connectivity index (χ0v) is 12.2. The van der Waals surface area contributed by atoms with E-state index in [0.29, 0.717) is 24.9 Å². The molecule has 2 aromatic rings. The first-order chi connectivity index (χ1) is 10.1. The number of nitrogens with zero attached hydrogens (tertiary/aromatic N) is 2. The van der Waals surface area contributed by atoms with Crippen LogP contribution in [-0.4, -0.2) is 45.6 Å². The molecule has 0 radical (unpaired) electrons. The summed E-state index contributed by atoms with van der Waals surface area (Å²) in [6, 6.07) is 5.13.